The summed E-state index contributed by atoms with van der Waals surface area (Å²) in [4.78, 5) is 12.1. The highest BCUT2D eigenvalue weighted by molar-refractivity contribution is 6.31. The molecule has 3 N–H and O–H groups in total. The zero-order chi connectivity index (χ0) is 13.7. The van der Waals surface area contributed by atoms with E-state index in [1.54, 1.807) is 0 Å². The Labute approximate surface area is 118 Å². The summed E-state index contributed by atoms with van der Waals surface area (Å²) < 4.78 is 5.23. The number of halogens is 1. The molecule has 0 saturated carbocycles. The van der Waals surface area contributed by atoms with Crippen LogP contribution in [0.4, 0.5) is 0 Å². The van der Waals surface area contributed by atoms with E-state index in [9.17, 15) is 4.79 Å². The summed E-state index contributed by atoms with van der Waals surface area (Å²) in [6, 6.07) is 7.63. The maximum Gasteiger partial charge on any atom is 0.240 e. The maximum absolute atomic E-state index is 12.1. The number of hydrogen-bond donors (Lipinski definition) is 2. The molecule has 0 bridgehead atoms. The molecular weight excluding hydrogens is 264 g/mol. The number of benzene rings is 1. The first-order valence-electron chi connectivity index (χ1n) is 6.50. The Bertz CT molecular complexity index is 445. The quantitative estimate of drug-likeness (QED) is 0.880. The molecule has 0 aromatic heterocycles. The lowest BCUT2D eigenvalue weighted by molar-refractivity contribution is -0.129. The van der Waals surface area contributed by atoms with Gasteiger partial charge >= 0.3 is 0 Å². The van der Waals surface area contributed by atoms with Gasteiger partial charge in [0.05, 0.1) is 5.54 Å². The molecule has 0 spiro atoms. The molecule has 1 aromatic rings. The van der Waals surface area contributed by atoms with Crippen LogP contribution in [0.1, 0.15) is 18.4 Å². The van der Waals surface area contributed by atoms with E-state index in [0.717, 1.165) is 10.6 Å². The Morgan fingerprint density at radius 1 is 1.37 bits per heavy atom. The number of hydrogen-bond acceptors (Lipinski definition) is 3. The topological polar surface area (TPSA) is 64.4 Å². The molecule has 1 amide bonds. The zero-order valence-electron chi connectivity index (χ0n) is 10.8. The average molecular weight is 283 g/mol. The Hall–Kier alpha value is -1.10. The SMILES string of the molecule is NC1(C(=O)NCCc2ccccc2Cl)CCOCC1. The predicted octanol–water partition coefficient (Wildman–Crippen LogP) is 1.51. The molecule has 0 radical (unpaired) electrons. The second-order valence-corrected chi connectivity index (χ2v) is 5.27. The van der Waals surface area contributed by atoms with Crippen molar-refractivity contribution >= 4 is 17.5 Å². The lowest BCUT2D eigenvalue weighted by Gasteiger charge is -2.31. The van der Waals surface area contributed by atoms with E-state index >= 15 is 0 Å². The monoisotopic (exact) mass is 282 g/mol. The van der Waals surface area contributed by atoms with Crippen LogP contribution in [-0.2, 0) is 16.0 Å². The van der Waals surface area contributed by atoms with E-state index in [1.165, 1.54) is 0 Å². The largest absolute Gasteiger partial charge is 0.381 e. The Morgan fingerprint density at radius 3 is 2.74 bits per heavy atom. The first-order valence-corrected chi connectivity index (χ1v) is 6.88. The molecule has 1 aromatic carbocycles. The molecule has 1 aliphatic heterocycles. The summed E-state index contributed by atoms with van der Waals surface area (Å²) >= 11 is 6.06. The van der Waals surface area contributed by atoms with Crippen molar-refractivity contribution in [1.29, 1.82) is 0 Å². The van der Waals surface area contributed by atoms with Gasteiger partial charge in [-0.15, -0.1) is 0 Å². The zero-order valence-corrected chi connectivity index (χ0v) is 11.6. The molecule has 0 aliphatic carbocycles. The van der Waals surface area contributed by atoms with Crippen LogP contribution in [0.2, 0.25) is 5.02 Å². The molecule has 1 saturated heterocycles. The Kier molecular flexibility index (Phi) is 4.80. The van der Waals surface area contributed by atoms with Crippen LogP contribution >= 0.6 is 11.6 Å². The fourth-order valence-electron chi connectivity index (χ4n) is 2.15. The average Bonchev–Trinajstić information content (AvgIpc) is 2.41. The van der Waals surface area contributed by atoms with Crippen LogP contribution in [0.15, 0.2) is 24.3 Å². The minimum absolute atomic E-state index is 0.0946. The first kappa shape index (κ1) is 14.3. The van der Waals surface area contributed by atoms with Crippen molar-refractivity contribution in [2.45, 2.75) is 24.8 Å². The normalized spacial score (nSPS) is 18.0. The molecule has 1 aliphatic rings. The fraction of sp³-hybridized carbons (Fsp3) is 0.500. The summed E-state index contributed by atoms with van der Waals surface area (Å²) in [6.07, 6.45) is 1.86. The second kappa shape index (κ2) is 6.37. The molecule has 0 atom stereocenters. The number of amides is 1. The summed E-state index contributed by atoms with van der Waals surface area (Å²) in [5.41, 5.74) is 6.34. The van der Waals surface area contributed by atoms with E-state index < -0.39 is 5.54 Å². The van der Waals surface area contributed by atoms with Gasteiger partial charge in [0, 0.05) is 24.8 Å². The molecule has 19 heavy (non-hydrogen) atoms. The van der Waals surface area contributed by atoms with E-state index in [-0.39, 0.29) is 5.91 Å². The van der Waals surface area contributed by atoms with Crippen molar-refractivity contribution in [2.75, 3.05) is 19.8 Å². The van der Waals surface area contributed by atoms with Gasteiger partial charge in [0.25, 0.3) is 0 Å². The number of carbonyl (C=O) groups is 1. The van der Waals surface area contributed by atoms with Crippen molar-refractivity contribution in [1.82, 2.24) is 5.32 Å². The van der Waals surface area contributed by atoms with Gasteiger partial charge in [-0.05, 0) is 30.9 Å². The van der Waals surface area contributed by atoms with Crippen molar-refractivity contribution in [3.05, 3.63) is 34.9 Å². The van der Waals surface area contributed by atoms with Gasteiger partial charge in [0.1, 0.15) is 0 Å². The minimum atomic E-state index is -0.779. The Balaban J connectivity index is 1.82. The van der Waals surface area contributed by atoms with Gasteiger partial charge in [-0.3, -0.25) is 4.79 Å². The van der Waals surface area contributed by atoms with E-state index in [0.29, 0.717) is 39.0 Å². The van der Waals surface area contributed by atoms with Crippen LogP contribution < -0.4 is 11.1 Å². The van der Waals surface area contributed by atoms with Gasteiger partial charge in [0.2, 0.25) is 5.91 Å². The lowest BCUT2D eigenvalue weighted by Crippen LogP contribution is -2.57. The molecule has 0 unspecified atom stereocenters. The number of ether oxygens (including phenoxy) is 1. The highest BCUT2D eigenvalue weighted by Gasteiger charge is 2.35. The van der Waals surface area contributed by atoms with E-state index in [1.807, 2.05) is 24.3 Å². The van der Waals surface area contributed by atoms with Crippen LogP contribution in [0, 0.1) is 0 Å². The van der Waals surface area contributed by atoms with Crippen molar-refractivity contribution in [3.8, 4) is 0 Å². The van der Waals surface area contributed by atoms with Gasteiger partial charge < -0.3 is 15.8 Å². The molecule has 5 heteroatoms. The summed E-state index contributed by atoms with van der Waals surface area (Å²) in [6.45, 7) is 1.64. The third-order valence-corrected chi connectivity index (χ3v) is 3.84. The smallest absolute Gasteiger partial charge is 0.240 e. The first-order chi connectivity index (χ1) is 9.12. The van der Waals surface area contributed by atoms with Crippen LogP contribution in [0.5, 0.6) is 0 Å². The molecule has 104 valence electrons. The fourth-order valence-corrected chi connectivity index (χ4v) is 2.38. The van der Waals surface area contributed by atoms with Crippen LogP contribution in [0.25, 0.3) is 0 Å². The third-order valence-electron chi connectivity index (χ3n) is 3.47. The molecular formula is C14H19ClN2O2. The maximum atomic E-state index is 12.1. The molecule has 1 heterocycles. The van der Waals surface area contributed by atoms with Gasteiger partial charge in [0.15, 0.2) is 0 Å². The van der Waals surface area contributed by atoms with Gasteiger partial charge in [-0.25, -0.2) is 0 Å². The van der Waals surface area contributed by atoms with E-state index in [2.05, 4.69) is 5.32 Å². The molecule has 1 fully saturated rings. The summed E-state index contributed by atoms with van der Waals surface area (Å²) in [5.74, 6) is -0.0946. The third kappa shape index (κ3) is 3.69. The van der Waals surface area contributed by atoms with Crippen LogP contribution in [-0.4, -0.2) is 31.2 Å². The van der Waals surface area contributed by atoms with E-state index in [4.69, 9.17) is 22.1 Å². The summed E-state index contributed by atoms with van der Waals surface area (Å²) in [7, 11) is 0. The predicted molar refractivity (Wildman–Crippen MR) is 75.1 cm³/mol. The highest BCUT2D eigenvalue weighted by atomic mass is 35.5. The Morgan fingerprint density at radius 2 is 2.05 bits per heavy atom. The number of rotatable bonds is 4. The second-order valence-electron chi connectivity index (χ2n) is 4.87. The standard InChI is InChI=1S/C14H19ClN2O2/c15-12-4-2-1-3-11(12)5-8-17-13(18)14(16)6-9-19-10-7-14/h1-4H,5-10,16H2,(H,17,18). The van der Waals surface area contributed by atoms with Crippen molar-refractivity contribution < 1.29 is 9.53 Å². The molecule has 2 rings (SSSR count). The van der Waals surface area contributed by atoms with Gasteiger partial charge in [-0.1, -0.05) is 29.8 Å². The van der Waals surface area contributed by atoms with Crippen LogP contribution in [0.3, 0.4) is 0 Å². The van der Waals surface area contributed by atoms with Crippen molar-refractivity contribution in [3.63, 3.8) is 0 Å². The summed E-state index contributed by atoms with van der Waals surface area (Å²) in [5, 5.41) is 3.62. The lowest BCUT2D eigenvalue weighted by atomic mass is 9.90. The molecule has 4 nitrogen and oxygen atoms in total. The minimum Gasteiger partial charge on any atom is -0.381 e. The number of nitrogens with two attached hydrogens (primary N) is 1. The number of carbonyl (C=O) groups excluding carboxylic acids is 1. The van der Waals surface area contributed by atoms with Gasteiger partial charge in [-0.2, -0.15) is 0 Å². The number of nitrogens with one attached hydrogen (secondary N) is 1. The highest BCUT2D eigenvalue weighted by Crippen LogP contribution is 2.18. The van der Waals surface area contributed by atoms with Crippen molar-refractivity contribution in [2.24, 2.45) is 5.73 Å².